The average Bonchev–Trinajstić information content (AvgIpc) is 2.32. The zero-order valence-corrected chi connectivity index (χ0v) is 10.5. The van der Waals surface area contributed by atoms with Gasteiger partial charge in [0.15, 0.2) is 0 Å². The van der Waals surface area contributed by atoms with Crippen LogP contribution >= 0.6 is 11.8 Å². The zero-order valence-electron chi connectivity index (χ0n) is 9.73. The Balaban J connectivity index is 2.37. The topological polar surface area (TPSA) is 46.6 Å². The van der Waals surface area contributed by atoms with E-state index in [0.29, 0.717) is 5.75 Å². The third kappa shape index (κ3) is 2.44. The van der Waals surface area contributed by atoms with Crippen molar-refractivity contribution in [3.8, 4) is 5.75 Å². The summed E-state index contributed by atoms with van der Waals surface area (Å²) in [7, 11) is 1.60. The number of hydrogen-bond acceptors (Lipinski definition) is 4. The first-order valence-corrected chi connectivity index (χ1v) is 6.21. The molecule has 2 rings (SSSR count). The first-order valence-electron chi connectivity index (χ1n) is 5.22. The molecule has 0 aromatic heterocycles. The van der Waals surface area contributed by atoms with Crippen molar-refractivity contribution in [2.45, 2.75) is 11.8 Å². The van der Waals surface area contributed by atoms with Crippen LogP contribution in [-0.2, 0) is 9.59 Å². The Morgan fingerprint density at radius 1 is 1.53 bits per heavy atom. The van der Waals surface area contributed by atoms with E-state index >= 15 is 0 Å². The molecule has 0 aliphatic carbocycles. The van der Waals surface area contributed by atoms with Crippen molar-refractivity contribution in [1.29, 1.82) is 0 Å². The van der Waals surface area contributed by atoms with Crippen LogP contribution in [0, 0.1) is 0 Å². The maximum Gasteiger partial charge on any atom is 0.237 e. The number of hydrogen-bond donors (Lipinski definition) is 0. The number of benzene rings is 1. The molecular weight excluding hydrogens is 238 g/mol. The minimum absolute atomic E-state index is 0.0213. The SMILES string of the molecule is COc1ccc2c(c1)SCC(=O)N2CC(C)=O. The van der Waals surface area contributed by atoms with E-state index in [1.54, 1.807) is 13.2 Å². The van der Waals surface area contributed by atoms with E-state index in [4.69, 9.17) is 4.74 Å². The van der Waals surface area contributed by atoms with Crippen LogP contribution in [0.15, 0.2) is 23.1 Å². The van der Waals surface area contributed by atoms with Crippen molar-refractivity contribution in [3.05, 3.63) is 18.2 Å². The van der Waals surface area contributed by atoms with E-state index in [2.05, 4.69) is 0 Å². The highest BCUT2D eigenvalue weighted by Gasteiger charge is 2.25. The van der Waals surface area contributed by atoms with Crippen LogP contribution in [-0.4, -0.2) is 31.1 Å². The molecule has 0 atom stereocenters. The monoisotopic (exact) mass is 251 g/mol. The van der Waals surface area contributed by atoms with E-state index in [0.717, 1.165) is 16.3 Å². The first kappa shape index (κ1) is 12.0. The maximum atomic E-state index is 11.8. The van der Waals surface area contributed by atoms with Crippen molar-refractivity contribution in [2.75, 3.05) is 24.3 Å². The van der Waals surface area contributed by atoms with Gasteiger partial charge in [-0.25, -0.2) is 0 Å². The standard InChI is InChI=1S/C12H13NO3S/c1-8(14)6-13-10-4-3-9(16-2)5-11(10)17-7-12(13)15/h3-5H,6-7H2,1-2H3. The van der Waals surface area contributed by atoms with Crippen LogP contribution < -0.4 is 9.64 Å². The summed E-state index contributed by atoms with van der Waals surface area (Å²) in [6.45, 7) is 1.62. The Morgan fingerprint density at radius 3 is 2.94 bits per heavy atom. The first-order chi connectivity index (χ1) is 8.11. The van der Waals surface area contributed by atoms with E-state index in [9.17, 15) is 9.59 Å². The van der Waals surface area contributed by atoms with Gasteiger partial charge in [-0.1, -0.05) is 0 Å². The number of amides is 1. The molecule has 1 aromatic rings. The van der Waals surface area contributed by atoms with Gasteiger partial charge in [-0.15, -0.1) is 11.8 Å². The van der Waals surface area contributed by atoms with Crippen LogP contribution in [0.25, 0.3) is 0 Å². The predicted octanol–water partition coefficient (Wildman–Crippen LogP) is 1.72. The summed E-state index contributed by atoms with van der Waals surface area (Å²) in [4.78, 5) is 25.4. The lowest BCUT2D eigenvalue weighted by Crippen LogP contribution is -2.38. The fourth-order valence-electron chi connectivity index (χ4n) is 1.71. The van der Waals surface area contributed by atoms with Gasteiger partial charge in [-0.2, -0.15) is 0 Å². The van der Waals surface area contributed by atoms with E-state index in [1.165, 1.54) is 23.6 Å². The average molecular weight is 251 g/mol. The van der Waals surface area contributed by atoms with Gasteiger partial charge in [0.05, 0.1) is 25.1 Å². The molecule has 0 N–H and O–H groups in total. The fourth-order valence-corrected chi connectivity index (χ4v) is 2.67. The smallest absolute Gasteiger partial charge is 0.237 e. The molecule has 0 bridgehead atoms. The quantitative estimate of drug-likeness (QED) is 0.820. The van der Waals surface area contributed by atoms with Crippen molar-refractivity contribution in [2.24, 2.45) is 0 Å². The summed E-state index contributed by atoms with van der Waals surface area (Å²) in [6, 6.07) is 5.51. The number of nitrogens with zero attached hydrogens (tertiary/aromatic N) is 1. The lowest BCUT2D eigenvalue weighted by atomic mass is 10.2. The van der Waals surface area contributed by atoms with Crippen molar-refractivity contribution < 1.29 is 14.3 Å². The van der Waals surface area contributed by atoms with Crippen LogP contribution in [0.5, 0.6) is 5.75 Å². The number of fused-ring (bicyclic) bond motifs is 1. The molecule has 90 valence electrons. The third-order valence-electron chi connectivity index (χ3n) is 2.49. The number of thioether (sulfide) groups is 1. The van der Waals surface area contributed by atoms with Gasteiger partial charge < -0.3 is 9.64 Å². The molecule has 1 aromatic carbocycles. The Kier molecular flexibility index (Phi) is 3.38. The van der Waals surface area contributed by atoms with Gasteiger partial charge in [0, 0.05) is 4.90 Å². The predicted molar refractivity (Wildman–Crippen MR) is 66.8 cm³/mol. The van der Waals surface area contributed by atoms with Gasteiger partial charge in [-0.05, 0) is 25.1 Å². The van der Waals surface area contributed by atoms with Gasteiger partial charge in [0.1, 0.15) is 11.5 Å². The molecule has 0 unspecified atom stereocenters. The number of carbonyl (C=O) groups excluding carboxylic acids is 2. The van der Waals surface area contributed by atoms with Crippen LogP contribution in [0.1, 0.15) is 6.92 Å². The summed E-state index contributed by atoms with van der Waals surface area (Å²) in [5, 5.41) is 0. The largest absolute Gasteiger partial charge is 0.497 e. The minimum Gasteiger partial charge on any atom is -0.497 e. The lowest BCUT2D eigenvalue weighted by Gasteiger charge is -2.28. The molecule has 0 saturated carbocycles. The number of carbonyl (C=O) groups is 2. The molecule has 5 heteroatoms. The summed E-state index contributed by atoms with van der Waals surface area (Å²) < 4.78 is 5.14. The second-order valence-electron chi connectivity index (χ2n) is 3.80. The Labute approximate surface area is 104 Å². The Bertz CT molecular complexity index is 473. The van der Waals surface area contributed by atoms with E-state index in [-0.39, 0.29) is 18.2 Å². The maximum absolute atomic E-state index is 11.8. The number of ether oxygens (including phenoxy) is 1. The van der Waals surface area contributed by atoms with Crippen molar-refractivity contribution in [1.82, 2.24) is 0 Å². The molecule has 0 fully saturated rings. The molecule has 17 heavy (non-hydrogen) atoms. The summed E-state index contributed by atoms with van der Waals surface area (Å²) >= 11 is 1.47. The molecule has 0 saturated heterocycles. The van der Waals surface area contributed by atoms with Crippen LogP contribution in [0.3, 0.4) is 0 Å². The normalized spacial score (nSPS) is 14.5. The highest BCUT2D eigenvalue weighted by atomic mass is 32.2. The number of anilines is 1. The number of ketones is 1. The van der Waals surface area contributed by atoms with Gasteiger partial charge >= 0.3 is 0 Å². The minimum atomic E-state index is -0.0251. The highest BCUT2D eigenvalue weighted by molar-refractivity contribution is 8.00. The second kappa shape index (κ2) is 4.79. The number of Topliss-reactive ketones (excluding diaryl/α,β-unsaturated/α-hetero) is 1. The van der Waals surface area contributed by atoms with Gasteiger partial charge in [-0.3, -0.25) is 9.59 Å². The number of rotatable bonds is 3. The highest BCUT2D eigenvalue weighted by Crippen LogP contribution is 2.37. The Hall–Kier alpha value is -1.49. The van der Waals surface area contributed by atoms with Crippen LogP contribution in [0.4, 0.5) is 5.69 Å². The van der Waals surface area contributed by atoms with Crippen LogP contribution in [0.2, 0.25) is 0 Å². The molecule has 4 nitrogen and oxygen atoms in total. The van der Waals surface area contributed by atoms with E-state index in [1.807, 2.05) is 12.1 Å². The second-order valence-corrected chi connectivity index (χ2v) is 4.82. The van der Waals surface area contributed by atoms with Gasteiger partial charge in [0.2, 0.25) is 5.91 Å². The fraction of sp³-hybridized carbons (Fsp3) is 0.333. The van der Waals surface area contributed by atoms with Gasteiger partial charge in [0.25, 0.3) is 0 Å². The summed E-state index contributed by atoms with van der Waals surface area (Å²) in [5.74, 6) is 1.08. The molecular formula is C12H13NO3S. The summed E-state index contributed by atoms with van der Waals surface area (Å²) in [5.41, 5.74) is 0.794. The third-order valence-corrected chi connectivity index (χ3v) is 3.52. The Morgan fingerprint density at radius 2 is 2.29 bits per heavy atom. The zero-order chi connectivity index (χ0) is 12.4. The number of methoxy groups -OCH3 is 1. The van der Waals surface area contributed by atoms with Crippen molar-refractivity contribution in [3.63, 3.8) is 0 Å². The molecule has 1 aliphatic heterocycles. The molecule has 1 heterocycles. The van der Waals surface area contributed by atoms with Crippen molar-refractivity contribution >= 4 is 29.1 Å². The molecule has 1 aliphatic rings. The molecule has 0 spiro atoms. The van der Waals surface area contributed by atoms with E-state index < -0.39 is 0 Å². The summed E-state index contributed by atoms with van der Waals surface area (Å²) in [6.07, 6.45) is 0. The lowest BCUT2D eigenvalue weighted by molar-refractivity contribution is -0.120. The molecule has 0 radical (unpaired) electrons. The molecule has 1 amide bonds.